The molecule has 3 nitrogen and oxygen atoms in total. The van der Waals surface area contributed by atoms with E-state index in [1.807, 2.05) is 30.3 Å². The van der Waals surface area contributed by atoms with Crippen LogP contribution >= 0.6 is 0 Å². The van der Waals surface area contributed by atoms with Gasteiger partial charge in [-0.2, -0.15) is 5.26 Å². The molecule has 0 spiro atoms. The first-order chi connectivity index (χ1) is 8.24. The molecule has 0 aromatic heterocycles. The van der Waals surface area contributed by atoms with Crippen LogP contribution in [0.4, 0.5) is 0 Å². The van der Waals surface area contributed by atoms with E-state index in [2.05, 4.69) is 0 Å². The maximum absolute atomic E-state index is 9.87. The van der Waals surface area contributed by atoms with Crippen molar-refractivity contribution in [1.29, 1.82) is 5.26 Å². The summed E-state index contributed by atoms with van der Waals surface area (Å²) in [6, 6.07) is 15.7. The molecule has 0 fully saturated rings. The highest BCUT2D eigenvalue weighted by atomic mass is 16.3. The Morgan fingerprint density at radius 2 is 1.71 bits per heavy atom. The van der Waals surface area contributed by atoms with Crippen molar-refractivity contribution in [3.8, 4) is 22.9 Å². The Morgan fingerprint density at radius 1 is 1.00 bits per heavy atom. The lowest BCUT2D eigenvalue weighted by Gasteiger charge is -2.12. The van der Waals surface area contributed by atoms with Crippen LogP contribution in [-0.4, -0.2) is 10.2 Å². The predicted octanol–water partition coefficient (Wildman–Crippen LogP) is 2.62. The van der Waals surface area contributed by atoms with Gasteiger partial charge in [0.2, 0.25) is 0 Å². The average Bonchev–Trinajstić information content (AvgIpc) is 2.38. The number of aliphatic hydroxyl groups is 1. The van der Waals surface area contributed by atoms with Gasteiger partial charge in [-0.1, -0.05) is 42.5 Å². The van der Waals surface area contributed by atoms with Gasteiger partial charge in [-0.05, 0) is 11.6 Å². The fourth-order valence-corrected chi connectivity index (χ4v) is 1.77. The number of hydrogen-bond acceptors (Lipinski definition) is 3. The summed E-state index contributed by atoms with van der Waals surface area (Å²) in [5, 5.41) is 28.3. The van der Waals surface area contributed by atoms with Crippen LogP contribution in [0.3, 0.4) is 0 Å². The molecule has 17 heavy (non-hydrogen) atoms. The Kier molecular flexibility index (Phi) is 3.08. The van der Waals surface area contributed by atoms with Gasteiger partial charge in [0, 0.05) is 11.1 Å². The summed E-state index contributed by atoms with van der Waals surface area (Å²) in [6.45, 7) is 0. The molecule has 0 amide bonds. The van der Waals surface area contributed by atoms with Crippen molar-refractivity contribution < 1.29 is 10.2 Å². The molecule has 2 N–H and O–H groups in total. The Hall–Kier alpha value is -2.31. The normalized spacial score (nSPS) is 11.8. The summed E-state index contributed by atoms with van der Waals surface area (Å²) in [5.74, 6) is 0.0583. The number of rotatable bonds is 2. The summed E-state index contributed by atoms with van der Waals surface area (Å²) in [4.78, 5) is 0. The molecule has 0 aliphatic heterocycles. The second kappa shape index (κ2) is 4.69. The maximum atomic E-state index is 9.87. The first-order valence-corrected chi connectivity index (χ1v) is 5.19. The van der Waals surface area contributed by atoms with Gasteiger partial charge in [-0.25, -0.2) is 0 Å². The molecule has 0 aliphatic carbocycles. The number of hydrogen-bond donors (Lipinski definition) is 2. The van der Waals surface area contributed by atoms with E-state index < -0.39 is 6.10 Å². The van der Waals surface area contributed by atoms with Crippen molar-refractivity contribution in [3.05, 3.63) is 54.1 Å². The molecule has 0 saturated carbocycles. The Balaban J connectivity index is 2.65. The zero-order valence-corrected chi connectivity index (χ0v) is 9.04. The molecular weight excluding hydrogens is 214 g/mol. The summed E-state index contributed by atoms with van der Waals surface area (Å²) >= 11 is 0. The van der Waals surface area contributed by atoms with Crippen LogP contribution in [0.15, 0.2) is 48.5 Å². The quantitative estimate of drug-likeness (QED) is 0.772. The maximum Gasteiger partial charge on any atom is 0.166 e. The summed E-state index contributed by atoms with van der Waals surface area (Å²) in [7, 11) is 0. The van der Waals surface area contributed by atoms with E-state index in [9.17, 15) is 10.2 Å². The van der Waals surface area contributed by atoms with Crippen molar-refractivity contribution in [2.24, 2.45) is 0 Å². The van der Waals surface area contributed by atoms with Crippen molar-refractivity contribution in [2.75, 3.05) is 0 Å². The summed E-state index contributed by atoms with van der Waals surface area (Å²) in [6.07, 6.45) is -1.24. The molecule has 84 valence electrons. The highest BCUT2D eigenvalue weighted by Crippen LogP contribution is 2.35. The lowest BCUT2D eigenvalue weighted by Crippen LogP contribution is -1.97. The zero-order chi connectivity index (χ0) is 12.3. The number of aliphatic hydroxyl groups excluding tert-OH is 1. The minimum atomic E-state index is -1.24. The van der Waals surface area contributed by atoms with Crippen molar-refractivity contribution in [1.82, 2.24) is 0 Å². The van der Waals surface area contributed by atoms with E-state index in [0.717, 1.165) is 5.56 Å². The van der Waals surface area contributed by atoms with Crippen molar-refractivity contribution >= 4 is 0 Å². The van der Waals surface area contributed by atoms with Crippen LogP contribution in [0.25, 0.3) is 11.1 Å². The van der Waals surface area contributed by atoms with Gasteiger partial charge in [-0.15, -0.1) is 0 Å². The third-order valence-corrected chi connectivity index (χ3v) is 2.55. The number of nitriles is 1. The summed E-state index contributed by atoms with van der Waals surface area (Å²) in [5.41, 5.74) is 1.69. The molecule has 0 heterocycles. The molecule has 2 aromatic carbocycles. The topological polar surface area (TPSA) is 64.2 Å². The van der Waals surface area contributed by atoms with Gasteiger partial charge >= 0.3 is 0 Å². The predicted molar refractivity (Wildman–Crippen MR) is 64.1 cm³/mol. The lowest BCUT2D eigenvalue weighted by molar-refractivity contribution is 0.236. The van der Waals surface area contributed by atoms with Gasteiger partial charge in [0.1, 0.15) is 5.75 Å². The van der Waals surface area contributed by atoms with Gasteiger partial charge < -0.3 is 10.2 Å². The zero-order valence-electron chi connectivity index (χ0n) is 9.04. The van der Waals surface area contributed by atoms with Crippen molar-refractivity contribution in [3.63, 3.8) is 0 Å². The molecule has 1 unspecified atom stereocenters. The van der Waals surface area contributed by atoms with E-state index in [4.69, 9.17) is 5.26 Å². The molecule has 0 saturated heterocycles. The Labute approximate surface area is 99.2 Å². The molecule has 3 heteroatoms. The van der Waals surface area contributed by atoms with E-state index in [0.29, 0.717) is 11.1 Å². The Bertz CT molecular complexity index is 558. The second-order valence-corrected chi connectivity index (χ2v) is 3.64. The van der Waals surface area contributed by atoms with E-state index in [1.54, 1.807) is 18.2 Å². The molecule has 2 rings (SSSR count). The number of nitrogens with zero attached hydrogens (tertiary/aromatic N) is 1. The molecule has 0 aliphatic rings. The third-order valence-electron chi connectivity index (χ3n) is 2.55. The highest BCUT2D eigenvalue weighted by molar-refractivity contribution is 5.74. The standard InChI is InChI=1S/C14H11NO2/c15-9-13(17)11-7-4-8-12(16)14(11)10-5-2-1-3-6-10/h1-8,13,16-17H. The smallest absolute Gasteiger partial charge is 0.166 e. The van der Waals surface area contributed by atoms with E-state index >= 15 is 0 Å². The van der Waals surface area contributed by atoms with Gasteiger partial charge in [0.05, 0.1) is 6.07 Å². The Morgan fingerprint density at radius 3 is 2.35 bits per heavy atom. The second-order valence-electron chi connectivity index (χ2n) is 3.64. The first-order valence-electron chi connectivity index (χ1n) is 5.19. The van der Waals surface area contributed by atoms with Crippen LogP contribution in [-0.2, 0) is 0 Å². The van der Waals surface area contributed by atoms with Gasteiger partial charge in [-0.3, -0.25) is 0 Å². The largest absolute Gasteiger partial charge is 0.507 e. The van der Waals surface area contributed by atoms with Gasteiger partial charge in [0.25, 0.3) is 0 Å². The molecule has 0 bridgehead atoms. The van der Waals surface area contributed by atoms with E-state index in [-0.39, 0.29) is 5.75 Å². The fourth-order valence-electron chi connectivity index (χ4n) is 1.77. The third kappa shape index (κ3) is 2.12. The van der Waals surface area contributed by atoms with Crippen LogP contribution in [0.1, 0.15) is 11.7 Å². The van der Waals surface area contributed by atoms with Crippen LogP contribution in [0.5, 0.6) is 5.75 Å². The number of benzene rings is 2. The first kappa shape index (κ1) is 11.2. The number of phenolic OH excluding ortho intramolecular Hbond substituents is 1. The molecule has 1 atom stereocenters. The molecule has 2 aromatic rings. The summed E-state index contributed by atoms with van der Waals surface area (Å²) < 4.78 is 0. The minimum Gasteiger partial charge on any atom is -0.507 e. The van der Waals surface area contributed by atoms with Crippen LogP contribution < -0.4 is 0 Å². The molecular formula is C14H11NO2. The monoisotopic (exact) mass is 225 g/mol. The fraction of sp³-hybridized carbons (Fsp3) is 0.0714. The van der Waals surface area contributed by atoms with Crippen LogP contribution in [0.2, 0.25) is 0 Å². The lowest BCUT2D eigenvalue weighted by atomic mass is 9.96. The van der Waals surface area contributed by atoms with Crippen LogP contribution in [0, 0.1) is 11.3 Å². The van der Waals surface area contributed by atoms with Gasteiger partial charge in [0.15, 0.2) is 6.10 Å². The highest BCUT2D eigenvalue weighted by Gasteiger charge is 2.15. The minimum absolute atomic E-state index is 0.0583. The SMILES string of the molecule is N#CC(O)c1cccc(O)c1-c1ccccc1. The molecule has 0 radical (unpaired) electrons. The number of phenols is 1. The number of aromatic hydroxyl groups is 1. The average molecular weight is 225 g/mol. The van der Waals surface area contributed by atoms with E-state index in [1.165, 1.54) is 6.07 Å². The van der Waals surface area contributed by atoms with Crippen molar-refractivity contribution in [2.45, 2.75) is 6.10 Å².